The molecule has 0 atom stereocenters. The van der Waals surface area contributed by atoms with Crippen molar-refractivity contribution in [3.63, 3.8) is 0 Å². The van der Waals surface area contributed by atoms with Crippen LogP contribution in [0.25, 0.3) is 0 Å². The number of methoxy groups -OCH3 is 1. The third-order valence-electron chi connectivity index (χ3n) is 3.07. The van der Waals surface area contributed by atoms with Crippen molar-refractivity contribution in [1.29, 1.82) is 0 Å². The van der Waals surface area contributed by atoms with Crippen LogP contribution < -0.4 is 15.8 Å². The summed E-state index contributed by atoms with van der Waals surface area (Å²) in [6.07, 6.45) is 0. The monoisotopic (exact) mass is 316 g/mol. The molecule has 0 fully saturated rings. The van der Waals surface area contributed by atoms with Crippen LogP contribution in [0.2, 0.25) is 0 Å². The molecule has 23 heavy (non-hydrogen) atoms. The van der Waals surface area contributed by atoms with Crippen LogP contribution in [0.5, 0.6) is 11.5 Å². The van der Waals surface area contributed by atoms with Crippen molar-refractivity contribution in [2.24, 2.45) is 5.10 Å². The molecule has 0 unspecified atom stereocenters. The van der Waals surface area contributed by atoms with Gasteiger partial charge >= 0.3 is 5.63 Å². The van der Waals surface area contributed by atoms with E-state index >= 15 is 0 Å². The minimum absolute atomic E-state index is 0.0958. The van der Waals surface area contributed by atoms with E-state index in [4.69, 9.17) is 9.15 Å². The number of rotatable bonds is 4. The number of benzene rings is 1. The van der Waals surface area contributed by atoms with Crippen LogP contribution in [0.3, 0.4) is 0 Å². The molecule has 7 nitrogen and oxygen atoms in total. The number of aryl methyl sites for hydroxylation is 1. The minimum Gasteiger partial charge on any atom is -0.507 e. The Kier molecular flexibility index (Phi) is 4.80. The summed E-state index contributed by atoms with van der Waals surface area (Å²) in [6.45, 7) is 3.02. The van der Waals surface area contributed by atoms with Gasteiger partial charge in [-0.05, 0) is 32.0 Å². The predicted molar refractivity (Wildman–Crippen MR) is 84.1 cm³/mol. The number of hydrazone groups is 1. The number of ether oxygens (including phenoxy) is 1. The molecule has 7 heteroatoms. The average molecular weight is 316 g/mol. The highest BCUT2D eigenvalue weighted by Gasteiger charge is 2.14. The van der Waals surface area contributed by atoms with Gasteiger partial charge in [0.25, 0.3) is 5.91 Å². The molecular weight excluding hydrogens is 300 g/mol. The molecule has 0 aliphatic carbocycles. The van der Waals surface area contributed by atoms with E-state index in [0.29, 0.717) is 11.3 Å². The van der Waals surface area contributed by atoms with Gasteiger partial charge in [-0.3, -0.25) is 4.79 Å². The van der Waals surface area contributed by atoms with Crippen molar-refractivity contribution in [2.45, 2.75) is 13.8 Å². The molecule has 1 aromatic heterocycles. The molecule has 120 valence electrons. The Morgan fingerprint density at radius 2 is 2.09 bits per heavy atom. The van der Waals surface area contributed by atoms with Crippen molar-refractivity contribution in [3.05, 3.63) is 57.6 Å². The molecule has 0 aliphatic rings. The Morgan fingerprint density at radius 3 is 2.74 bits per heavy atom. The van der Waals surface area contributed by atoms with Crippen LogP contribution in [0, 0.1) is 6.92 Å². The maximum absolute atomic E-state index is 12.0. The third kappa shape index (κ3) is 3.76. The zero-order valence-electron chi connectivity index (χ0n) is 12.9. The third-order valence-corrected chi connectivity index (χ3v) is 3.07. The Hall–Kier alpha value is -3.09. The van der Waals surface area contributed by atoms with E-state index in [1.807, 2.05) is 0 Å². The molecule has 2 aromatic rings. The van der Waals surface area contributed by atoms with Crippen molar-refractivity contribution in [1.82, 2.24) is 5.43 Å². The molecule has 1 heterocycles. The molecule has 2 rings (SSSR count). The lowest BCUT2D eigenvalue weighted by atomic mass is 10.2. The summed E-state index contributed by atoms with van der Waals surface area (Å²) in [5.74, 6) is 0.0921. The quantitative estimate of drug-likeness (QED) is 0.662. The molecule has 0 bridgehead atoms. The molecular formula is C16H16N2O5. The maximum atomic E-state index is 12.0. The van der Waals surface area contributed by atoms with Crippen LogP contribution in [0.1, 0.15) is 28.6 Å². The van der Waals surface area contributed by atoms with Gasteiger partial charge in [0.05, 0.1) is 12.8 Å². The summed E-state index contributed by atoms with van der Waals surface area (Å²) < 4.78 is 9.95. The van der Waals surface area contributed by atoms with Crippen molar-refractivity contribution in [2.75, 3.05) is 7.11 Å². The van der Waals surface area contributed by atoms with Crippen molar-refractivity contribution < 1.29 is 19.1 Å². The standard InChI is InChI=1S/C16H16N2O5/c1-9-7-13(19)14(16(21)23-9)10(2)17-18-15(20)11-5-4-6-12(8-11)22-3/h4-8,19H,1-3H3,(H,18,20). The largest absolute Gasteiger partial charge is 0.507 e. The molecule has 2 N–H and O–H groups in total. The van der Waals surface area contributed by atoms with Crippen LogP contribution in [-0.4, -0.2) is 23.8 Å². The van der Waals surface area contributed by atoms with Crippen LogP contribution in [-0.2, 0) is 0 Å². The van der Waals surface area contributed by atoms with E-state index in [-0.39, 0.29) is 22.8 Å². The Morgan fingerprint density at radius 1 is 1.35 bits per heavy atom. The van der Waals surface area contributed by atoms with Gasteiger partial charge in [-0.25, -0.2) is 10.2 Å². The van der Waals surface area contributed by atoms with Crippen LogP contribution in [0.4, 0.5) is 0 Å². The van der Waals surface area contributed by atoms with E-state index in [1.165, 1.54) is 20.1 Å². The Bertz CT molecular complexity index is 823. The topological polar surface area (TPSA) is 101 Å². The highest BCUT2D eigenvalue weighted by atomic mass is 16.5. The van der Waals surface area contributed by atoms with Gasteiger partial charge in [-0.15, -0.1) is 0 Å². The van der Waals surface area contributed by atoms with E-state index in [1.54, 1.807) is 31.2 Å². The fourth-order valence-electron chi connectivity index (χ4n) is 1.95. The lowest BCUT2D eigenvalue weighted by Crippen LogP contribution is -2.21. The predicted octanol–water partition coefficient (Wildman–Crippen LogP) is 1.82. The first-order chi connectivity index (χ1) is 10.9. The van der Waals surface area contributed by atoms with E-state index in [2.05, 4.69) is 10.5 Å². The number of carbonyl (C=O) groups excluding carboxylic acids is 1. The molecule has 0 spiro atoms. The van der Waals surface area contributed by atoms with E-state index in [9.17, 15) is 14.7 Å². The number of nitrogens with one attached hydrogen (secondary N) is 1. The maximum Gasteiger partial charge on any atom is 0.348 e. The summed E-state index contributed by atoms with van der Waals surface area (Å²) in [5, 5.41) is 13.7. The Balaban J connectivity index is 2.22. The molecule has 1 amide bonds. The lowest BCUT2D eigenvalue weighted by molar-refractivity contribution is 0.0954. The first-order valence-electron chi connectivity index (χ1n) is 6.75. The van der Waals surface area contributed by atoms with Gasteiger partial charge in [-0.2, -0.15) is 5.10 Å². The summed E-state index contributed by atoms with van der Waals surface area (Å²) in [7, 11) is 1.50. The summed E-state index contributed by atoms with van der Waals surface area (Å²) >= 11 is 0. The Labute approximate surface area is 132 Å². The fraction of sp³-hybridized carbons (Fsp3) is 0.188. The van der Waals surface area contributed by atoms with Gasteiger partial charge in [0.1, 0.15) is 22.8 Å². The van der Waals surface area contributed by atoms with Gasteiger partial charge in [-0.1, -0.05) is 6.07 Å². The molecule has 0 saturated heterocycles. The lowest BCUT2D eigenvalue weighted by Gasteiger charge is -2.05. The average Bonchev–Trinajstić information content (AvgIpc) is 2.51. The minimum atomic E-state index is -0.723. The SMILES string of the molecule is COc1cccc(C(=O)NN=C(C)c2c(O)cc(C)oc2=O)c1. The van der Waals surface area contributed by atoms with Crippen LogP contribution in [0.15, 0.2) is 44.6 Å². The molecule has 0 saturated carbocycles. The normalized spacial score (nSPS) is 11.2. The number of aromatic hydroxyl groups is 1. The second-order valence-corrected chi connectivity index (χ2v) is 4.77. The van der Waals surface area contributed by atoms with Gasteiger partial charge < -0.3 is 14.3 Å². The second-order valence-electron chi connectivity index (χ2n) is 4.77. The van der Waals surface area contributed by atoms with Crippen LogP contribution >= 0.6 is 0 Å². The van der Waals surface area contributed by atoms with E-state index in [0.717, 1.165) is 0 Å². The number of hydrogen-bond donors (Lipinski definition) is 2. The second kappa shape index (κ2) is 6.78. The molecule has 1 aromatic carbocycles. The number of carbonyl (C=O) groups is 1. The number of nitrogens with zero attached hydrogens (tertiary/aromatic N) is 1. The smallest absolute Gasteiger partial charge is 0.348 e. The number of amides is 1. The summed E-state index contributed by atoms with van der Waals surface area (Å²) in [4.78, 5) is 23.8. The molecule has 0 aliphatic heterocycles. The molecule has 0 radical (unpaired) electrons. The zero-order chi connectivity index (χ0) is 17.0. The van der Waals surface area contributed by atoms with E-state index < -0.39 is 11.5 Å². The van der Waals surface area contributed by atoms with Gasteiger partial charge in [0.2, 0.25) is 0 Å². The summed E-state index contributed by atoms with van der Waals surface area (Å²) in [5.41, 5.74) is 1.98. The fourth-order valence-corrected chi connectivity index (χ4v) is 1.95. The summed E-state index contributed by atoms with van der Waals surface area (Å²) in [6, 6.07) is 7.84. The van der Waals surface area contributed by atoms with Crippen molar-refractivity contribution >= 4 is 11.6 Å². The first kappa shape index (κ1) is 16.3. The first-order valence-corrected chi connectivity index (χ1v) is 6.75. The van der Waals surface area contributed by atoms with Gasteiger partial charge in [0, 0.05) is 11.6 Å². The zero-order valence-corrected chi connectivity index (χ0v) is 12.9. The van der Waals surface area contributed by atoms with Crippen molar-refractivity contribution in [3.8, 4) is 11.5 Å². The highest BCUT2D eigenvalue weighted by Crippen LogP contribution is 2.15. The highest BCUT2D eigenvalue weighted by molar-refractivity contribution is 6.02. The van der Waals surface area contributed by atoms with Gasteiger partial charge in [0.15, 0.2) is 0 Å². The number of hydrogen-bond acceptors (Lipinski definition) is 6.